The Kier molecular flexibility index (Phi) is 3.87. The van der Waals surface area contributed by atoms with Crippen molar-refractivity contribution in [3.63, 3.8) is 0 Å². The predicted molar refractivity (Wildman–Crippen MR) is 71.1 cm³/mol. The predicted octanol–water partition coefficient (Wildman–Crippen LogP) is 4.39. The van der Waals surface area contributed by atoms with Gasteiger partial charge in [0.25, 0.3) is 0 Å². The summed E-state index contributed by atoms with van der Waals surface area (Å²) in [5, 5.41) is 0. The number of alkyl halides is 3. The van der Waals surface area contributed by atoms with Gasteiger partial charge in [-0.2, -0.15) is 13.2 Å². The van der Waals surface area contributed by atoms with Crippen LogP contribution in [0.5, 0.6) is 0 Å². The number of halogens is 3. The Hall–Kier alpha value is -1.86. The summed E-state index contributed by atoms with van der Waals surface area (Å²) in [6.45, 7) is 0. The number of thiol groups is 1. The molecule has 2 aromatic rings. The highest BCUT2D eigenvalue weighted by Crippen LogP contribution is 2.28. The second kappa shape index (κ2) is 5.41. The zero-order valence-corrected chi connectivity index (χ0v) is 10.6. The zero-order chi connectivity index (χ0) is 13.9. The minimum absolute atomic E-state index is 0.544. The van der Waals surface area contributed by atoms with Crippen molar-refractivity contribution in [2.75, 3.05) is 0 Å². The first-order valence-corrected chi connectivity index (χ1v) is 5.88. The van der Waals surface area contributed by atoms with E-state index in [9.17, 15) is 13.2 Å². The summed E-state index contributed by atoms with van der Waals surface area (Å²) in [6.07, 6.45) is -4.31. The second-order valence-corrected chi connectivity index (χ2v) is 4.39. The molecule has 0 saturated carbocycles. The lowest BCUT2D eigenvalue weighted by Crippen LogP contribution is -2.04. The molecule has 0 aliphatic carbocycles. The molecule has 0 saturated heterocycles. The highest BCUT2D eigenvalue weighted by atomic mass is 32.1. The molecule has 0 atom stereocenters. The first kappa shape index (κ1) is 13.6. The van der Waals surface area contributed by atoms with E-state index in [4.69, 9.17) is 0 Å². The van der Waals surface area contributed by atoms with Gasteiger partial charge < -0.3 is 0 Å². The van der Waals surface area contributed by atoms with Gasteiger partial charge in [0.2, 0.25) is 0 Å². The van der Waals surface area contributed by atoms with Crippen LogP contribution in [0, 0.1) is 11.8 Å². The van der Waals surface area contributed by atoms with Gasteiger partial charge in [-0.3, -0.25) is 0 Å². The molecule has 0 amide bonds. The quantitative estimate of drug-likeness (QED) is 0.536. The lowest BCUT2D eigenvalue weighted by atomic mass is 10.1. The van der Waals surface area contributed by atoms with Crippen molar-refractivity contribution in [2.45, 2.75) is 11.1 Å². The molecule has 2 rings (SSSR count). The van der Waals surface area contributed by atoms with Crippen LogP contribution >= 0.6 is 12.6 Å². The molecule has 4 heteroatoms. The maximum atomic E-state index is 12.4. The number of rotatable bonds is 0. The monoisotopic (exact) mass is 278 g/mol. The van der Waals surface area contributed by atoms with Crippen molar-refractivity contribution in [3.05, 3.63) is 65.2 Å². The molecule has 96 valence electrons. The molecule has 2 aromatic carbocycles. The highest BCUT2D eigenvalue weighted by molar-refractivity contribution is 7.80. The molecule has 19 heavy (non-hydrogen) atoms. The van der Waals surface area contributed by atoms with Gasteiger partial charge in [-0.25, -0.2) is 0 Å². The molecule has 0 N–H and O–H groups in total. The molecule has 0 bridgehead atoms. The first-order chi connectivity index (χ1) is 8.95. The number of hydrogen-bond acceptors (Lipinski definition) is 1. The third-order valence-electron chi connectivity index (χ3n) is 2.43. The molecule has 0 aromatic heterocycles. The van der Waals surface area contributed by atoms with Gasteiger partial charge in [0.05, 0.1) is 5.56 Å². The molecule has 0 aliphatic heterocycles. The Balaban J connectivity index is 2.19. The van der Waals surface area contributed by atoms with Crippen molar-refractivity contribution >= 4 is 12.6 Å². The van der Waals surface area contributed by atoms with Gasteiger partial charge in [-0.05, 0) is 48.5 Å². The van der Waals surface area contributed by atoms with Crippen LogP contribution in [0.2, 0.25) is 0 Å². The Morgan fingerprint density at radius 3 is 1.58 bits per heavy atom. The van der Waals surface area contributed by atoms with Crippen molar-refractivity contribution < 1.29 is 13.2 Å². The van der Waals surface area contributed by atoms with Gasteiger partial charge in [0, 0.05) is 16.0 Å². The molecular weight excluding hydrogens is 269 g/mol. The van der Waals surface area contributed by atoms with Crippen molar-refractivity contribution in [1.29, 1.82) is 0 Å². The molecule has 0 spiro atoms. The van der Waals surface area contributed by atoms with E-state index in [0.29, 0.717) is 5.56 Å². The van der Waals surface area contributed by atoms with Crippen LogP contribution in [-0.4, -0.2) is 0 Å². The Bertz CT molecular complexity index is 614. The Labute approximate surface area is 114 Å². The standard InChI is InChI=1S/C15H9F3S/c16-15(17,18)13-7-3-11(4-8-13)1-2-12-5-9-14(19)10-6-12/h3-10,19H. The van der Waals surface area contributed by atoms with Crippen LogP contribution < -0.4 is 0 Å². The summed E-state index contributed by atoms with van der Waals surface area (Å²) in [6, 6.07) is 12.0. The Morgan fingerprint density at radius 1 is 0.737 bits per heavy atom. The van der Waals surface area contributed by atoms with Crippen molar-refractivity contribution in [2.24, 2.45) is 0 Å². The van der Waals surface area contributed by atoms with Crippen molar-refractivity contribution in [1.82, 2.24) is 0 Å². The van der Waals surface area contributed by atoms with E-state index < -0.39 is 11.7 Å². The van der Waals surface area contributed by atoms with Crippen molar-refractivity contribution in [3.8, 4) is 11.8 Å². The van der Waals surface area contributed by atoms with E-state index in [0.717, 1.165) is 22.6 Å². The smallest absolute Gasteiger partial charge is 0.166 e. The molecule has 0 fully saturated rings. The maximum Gasteiger partial charge on any atom is 0.416 e. The largest absolute Gasteiger partial charge is 0.416 e. The van der Waals surface area contributed by atoms with Gasteiger partial charge in [0.15, 0.2) is 0 Å². The van der Waals surface area contributed by atoms with Crippen LogP contribution in [0.3, 0.4) is 0 Å². The summed E-state index contributed by atoms with van der Waals surface area (Å²) in [4.78, 5) is 0.833. The van der Waals surface area contributed by atoms with Gasteiger partial charge in [0.1, 0.15) is 0 Å². The highest BCUT2D eigenvalue weighted by Gasteiger charge is 2.29. The van der Waals surface area contributed by atoms with Crippen LogP contribution in [0.15, 0.2) is 53.4 Å². The fourth-order valence-electron chi connectivity index (χ4n) is 1.43. The third-order valence-corrected chi connectivity index (χ3v) is 2.73. The summed E-state index contributed by atoms with van der Waals surface area (Å²) in [5.74, 6) is 5.70. The summed E-state index contributed by atoms with van der Waals surface area (Å²) < 4.78 is 37.1. The fourth-order valence-corrected chi connectivity index (χ4v) is 1.58. The van der Waals surface area contributed by atoms with Gasteiger partial charge >= 0.3 is 6.18 Å². The number of hydrogen-bond donors (Lipinski definition) is 1. The van der Waals surface area contributed by atoms with Gasteiger partial charge in [-0.1, -0.05) is 11.8 Å². The van der Waals surface area contributed by atoms with Gasteiger partial charge in [-0.15, -0.1) is 12.6 Å². The molecule has 0 nitrogen and oxygen atoms in total. The molecular formula is C15H9F3S. The van der Waals surface area contributed by atoms with E-state index in [-0.39, 0.29) is 0 Å². The zero-order valence-electron chi connectivity index (χ0n) is 9.70. The third kappa shape index (κ3) is 3.80. The van der Waals surface area contributed by atoms with Crippen LogP contribution in [0.1, 0.15) is 16.7 Å². The summed E-state index contributed by atoms with van der Waals surface area (Å²) in [7, 11) is 0. The lowest BCUT2D eigenvalue weighted by molar-refractivity contribution is -0.137. The van der Waals surface area contributed by atoms with Crippen LogP contribution in [0.4, 0.5) is 13.2 Å². The second-order valence-electron chi connectivity index (χ2n) is 3.87. The molecule has 0 aliphatic rings. The minimum Gasteiger partial charge on any atom is -0.166 e. The topological polar surface area (TPSA) is 0 Å². The summed E-state index contributed by atoms with van der Waals surface area (Å²) in [5.41, 5.74) is 0.665. The normalized spacial score (nSPS) is 10.7. The fraction of sp³-hybridized carbons (Fsp3) is 0.0667. The van der Waals surface area contributed by atoms with E-state index >= 15 is 0 Å². The summed E-state index contributed by atoms with van der Waals surface area (Å²) >= 11 is 4.15. The van der Waals surface area contributed by atoms with E-state index in [1.165, 1.54) is 12.1 Å². The molecule has 0 heterocycles. The minimum atomic E-state index is -4.31. The Morgan fingerprint density at radius 2 is 1.16 bits per heavy atom. The molecule has 0 radical (unpaired) electrons. The average Bonchev–Trinajstić information content (AvgIpc) is 2.37. The first-order valence-electron chi connectivity index (χ1n) is 5.43. The SMILES string of the molecule is FC(F)(F)c1ccc(C#Cc2ccc(S)cc2)cc1. The van der Waals surface area contributed by atoms with E-state index in [2.05, 4.69) is 24.5 Å². The number of benzene rings is 2. The average molecular weight is 278 g/mol. The van der Waals surface area contributed by atoms with Crippen LogP contribution in [-0.2, 0) is 6.18 Å². The lowest BCUT2D eigenvalue weighted by Gasteiger charge is -2.05. The maximum absolute atomic E-state index is 12.4. The van der Waals surface area contributed by atoms with Crippen LogP contribution in [0.25, 0.3) is 0 Å². The van der Waals surface area contributed by atoms with E-state index in [1.54, 1.807) is 24.3 Å². The molecule has 0 unspecified atom stereocenters. The van der Waals surface area contributed by atoms with E-state index in [1.807, 2.05) is 0 Å².